The fraction of sp³-hybridized carbons (Fsp3) is 0.381. The first-order chi connectivity index (χ1) is 15.0. The molecule has 2 aliphatic rings. The quantitative estimate of drug-likeness (QED) is 0.642. The molecular formula is C21H23FN4O5. The summed E-state index contributed by atoms with van der Waals surface area (Å²) in [6, 6.07) is 7.51. The molecular weight excluding hydrogens is 407 g/mol. The largest absolute Gasteiger partial charge is 0.490 e. The Kier molecular flexibility index (Phi) is 6.01. The number of hydrogen-bond acceptors (Lipinski definition) is 8. The lowest BCUT2D eigenvalue weighted by Crippen LogP contribution is -2.43. The third-order valence-electron chi connectivity index (χ3n) is 5.27. The van der Waals surface area contributed by atoms with Crippen LogP contribution < -0.4 is 15.8 Å². The Hall–Kier alpha value is -3.24. The third-order valence-corrected chi connectivity index (χ3v) is 5.27. The highest BCUT2D eigenvalue weighted by molar-refractivity contribution is 6.02. The van der Waals surface area contributed by atoms with E-state index in [0.717, 1.165) is 0 Å². The molecule has 0 radical (unpaired) electrons. The lowest BCUT2D eigenvalue weighted by molar-refractivity contribution is 0.102. The number of amides is 1. The number of carbonyl (C=O) groups excluding carboxylic acids is 1. The Bertz CT molecular complexity index is 984. The zero-order chi connectivity index (χ0) is 21.8. The second-order valence-electron chi connectivity index (χ2n) is 7.27. The van der Waals surface area contributed by atoms with Gasteiger partial charge in [-0.1, -0.05) is 0 Å². The van der Waals surface area contributed by atoms with Gasteiger partial charge < -0.3 is 30.0 Å². The van der Waals surface area contributed by atoms with Gasteiger partial charge in [-0.2, -0.15) is 0 Å². The van der Waals surface area contributed by atoms with Crippen molar-refractivity contribution in [2.24, 2.45) is 16.6 Å². The Morgan fingerprint density at radius 3 is 2.97 bits per heavy atom. The number of anilines is 1. The van der Waals surface area contributed by atoms with Crippen LogP contribution in [-0.2, 0) is 19.7 Å². The number of rotatable bonds is 7. The van der Waals surface area contributed by atoms with Crippen molar-refractivity contribution in [3.8, 4) is 5.75 Å². The van der Waals surface area contributed by atoms with E-state index in [0.29, 0.717) is 36.8 Å². The van der Waals surface area contributed by atoms with Crippen molar-refractivity contribution in [1.29, 1.82) is 0 Å². The summed E-state index contributed by atoms with van der Waals surface area (Å²) in [4.78, 5) is 21.1. The maximum Gasteiger partial charge on any atom is 0.282 e. The molecule has 1 fully saturated rings. The van der Waals surface area contributed by atoms with Gasteiger partial charge in [-0.25, -0.2) is 14.4 Å². The Morgan fingerprint density at radius 2 is 2.19 bits per heavy atom. The van der Waals surface area contributed by atoms with Crippen molar-refractivity contribution >= 4 is 17.6 Å². The number of fused-ring (bicyclic) bond motifs is 1. The number of methoxy groups -OCH3 is 1. The van der Waals surface area contributed by atoms with Crippen molar-refractivity contribution < 1.29 is 28.1 Å². The zero-order valence-corrected chi connectivity index (χ0v) is 17.0. The highest BCUT2D eigenvalue weighted by Gasteiger charge is 2.50. The molecule has 10 heteroatoms. The first-order valence-corrected chi connectivity index (χ1v) is 9.77. The predicted octanol–water partition coefficient (Wildman–Crippen LogP) is 1.68. The molecule has 1 amide bonds. The summed E-state index contributed by atoms with van der Waals surface area (Å²) >= 11 is 0. The van der Waals surface area contributed by atoms with Crippen molar-refractivity contribution in [2.45, 2.75) is 5.54 Å². The zero-order valence-electron chi connectivity index (χ0n) is 17.0. The molecule has 4 rings (SSSR count). The van der Waals surface area contributed by atoms with E-state index < -0.39 is 17.3 Å². The molecule has 3 heterocycles. The molecule has 9 nitrogen and oxygen atoms in total. The molecule has 2 aliphatic heterocycles. The normalized spacial score (nSPS) is 22.3. The SMILES string of the molecule is COCCOc1ccc(C(=O)Nc2ccc(F)c([C@]34COCC3COC(N)=N4)c2)nc1. The van der Waals surface area contributed by atoms with Crippen LogP contribution in [0.2, 0.25) is 0 Å². The first kappa shape index (κ1) is 21.0. The molecule has 0 saturated carbocycles. The number of ether oxygens (including phenoxy) is 4. The molecule has 0 aliphatic carbocycles. The molecule has 1 aromatic carbocycles. The van der Waals surface area contributed by atoms with Crippen molar-refractivity contribution in [1.82, 2.24) is 4.98 Å². The van der Waals surface area contributed by atoms with Crippen molar-refractivity contribution in [3.63, 3.8) is 0 Å². The van der Waals surface area contributed by atoms with E-state index >= 15 is 0 Å². The van der Waals surface area contributed by atoms with Gasteiger partial charge in [0.1, 0.15) is 29.4 Å². The average Bonchev–Trinajstić information content (AvgIpc) is 3.19. The molecule has 2 atom stereocenters. The summed E-state index contributed by atoms with van der Waals surface area (Å²) in [6.07, 6.45) is 1.46. The number of carbonyl (C=O) groups is 1. The van der Waals surface area contributed by atoms with E-state index in [4.69, 9.17) is 24.7 Å². The number of amidine groups is 1. The van der Waals surface area contributed by atoms with Crippen LogP contribution in [0.5, 0.6) is 5.75 Å². The number of nitrogens with zero attached hydrogens (tertiary/aromatic N) is 2. The molecule has 31 heavy (non-hydrogen) atoms. The standard InChI is InChI=1S/C21H23FN4O5/c1-28-6-7-30-15-3-5-18(24-9-15)19(27)25-14-2-4-17(22)16(8-14)21-12-29-10-13(21)11-31-20(23)26-21/h2-5,8-9,13H,6-7,10-12H2,1H3,(H2,23,26)(H,25,27)/t13?,21-/m0/s1. The van der Waals surface area contributed by atoms with Gasteiger partial charge in [0.25, 0.3) is 11.9 Å². The monoisotopic (exact) mass is 430 g/mol. The summed E-state index contributed by atoms with van der Waals surface area (Å²) in [6.45, 7) is 1.68. The Morgan fingerprint density at radius 1 is 1.32 bits per heavy atom. The summed E-state index contributed by atoms with van der Waals surface area (Å²) < 4.78 is 36.0. The average molecular weight is 430 g/mol. The number of aromatic nitrogens is 1. The minimum absolute atomic E-state index is 0.00686. The molecule has 0 bridgehead atoms. The van der Waals surface area contributed by atoms with Gasteiger partial charge in [0.05, 0.1) is 32.6 Å². The minimum Gasteiger partial charge on any atom is -0.490 e. The molecule has 1 unspecified atom stereocenters. The van der Waals surface area contributed by atoms with Gasteiger partial charge in [-0.05, 0) is 30.3 Å². The van der Waals surface area contributed by atoms with Gasteiger partial charge in [-0.3, -0.25) is 4.79 Å². The summed E-state index contributed by atoms with van der Waals surface area (Å²) in [5, 5.41) is 2.74. The van der Waals surface area contributed by atoms with E-state index in [1.807, 2.05) is 0 Å². The second-order valence-corrected chi connectivity index (χ2v) is 7.27. The van der Waals surface area contributed by atoms with Crippen LogP contribution in [0.1, 0.15) is 16.1 Å². The fourth-order valence-corrected chi connectivity index (χ4v) is 3.67. The van der Waals surface area contributed by atoms with E-state index in [9.17, 15) is 9.18 Å². The van der Waals surface area contributed by atoms with Gasteiger partial charge in [-0.15, -0.1) is 0 Å². The molecule has 1 saturated heterocycles. The number of halogens is 1. The van der Waals surface area contributed by atoms with Crippen LogP contribution in [-0.4, -0.2) is 57.1 Å². The van der Waals surface area contributed by atoms with Gasteiger partial charge >= 0.3 is 0 Å². The number of pyridine rings is 1. The molecule has 2 aromatic rings. The number of benzene rings is 1. The van der Waals surface area contributed by atoms with Crippen LogP contribution in [0, 0.1) is 11.7 Å². The fourth-order valence-electron chi connectivity index (χ4n) is 3.67. The van der Waals surface area contributed by atoms with Crippen molar-refractivity contribution in [2.75, 3.05) is 45.5 Å². The van der Waals surface area contributed by atoms with E-state index in [1.54, 1.807) is 25.3 Å². The lowest BCUT2D eigenvalue weighted by Gasteiger charge is -2.34. The van der Waals surface area contributed by atoms with Gasteiger partial charge in [0, 0.05) is 24.3 Å². The first-order valence-electron chi connectivity index (χ1n) is 9.77. The number of hydrogen-bond donors (Lipinski definition) is 2. The van der Waals surface area contributed by atoms with Crippen LogP contribution in [0.25, 0.3) is 0 Å². The summed E-state index contributed by atoms with van der Waals surface area (Å²) in [5.74, 6) is -0.540. The third kappa shape index (κ3) is 4.30. The Balaban J connectivity index is 1.52. The second kappa shape index (κ2) is 8.86. The van der Waals surface area contributed by atoms with E-state index in [1.165, 1.54) is 18.3 Å². The highest BCUT2D eigenvalue weighted by atomic mass is 19.1. The predicted molar refractivity (Wildman–Crippen MR) is 110 cm³/mol. The number of aliphatic imine (C=N–C) groups is 1. The summed E-state index contributed by atoms with van der Waals surface area (Å²) in [7, 11) is 1.58. The Labute approximate surface area is 178 Å². The number of nitrogens with two attached hydrogens (primary N) is 1. The molecule has 3 N–H and O–H groups in total. The maximum absolute atomic E-state index is 14.8. The van der Waals surface area contributed by atoms with E-state index in [-0.39, 0.29) is 30.8 Å². The molecule has 0 spiro atoms. The van der Waals surface area contributed by atoms with Gasteiger partial charge in [0.2, 0.25) is 0 Å². The topological polar surface area (TPSA) is 117 Å². The van der Waals surface area contributed by atoms with Crippen LogP contribution in [0.4, 0.5) is 10.1 Å². The summed E-state index contributed by atoms with van der Waals surface area (Å²) in [5.41, 5.74) is 5.68. The van der Waals surface area contributed by atoms with Crippen LogP contribution >= 0.6 is 0 Å². The highest BCUT2D eigenvalue weighted by Crippen LogP contribution is 2.43. The van der Waals surface area contributed by atoms with Crippen LogP contribution in [0.15, 0.2) is 41.5 Å². The smallest absolute Gasteiger partial charge is 0.282 e. The lowest BCUT2D eigenvalue weighted by atomic mass is 9.80. The van der Waals surface area contributed by atoms with E-state index in [2.05, 4.69) is 15.3 Å². The van der Waals surface area contributed by atoms with Crippen LogP contribution in [0.3, 0.4) is 0 Å². The number of nitrogens with one attached hydrogen (secondary N) is 1. The van der Waals surface area contributed by atoms with Gasteiger partial charge in [0.15, 0.2) is 0 Å². The van der Waals surface area contributed by atoms with Crippen molar-refractivity contribution in [3.05, 3.63) is 53.6 Å². The maximum atomic E-state index is 14.8. The molecule has 164 valence electrons. The minimum atomic E-state index is -0.980. The molecule has 1 aromatic heterocycles.